The standard InChI is InChI=1S/C20H21N3O3/c1-12-9-10-15-16(18(20(2,3)4)22-23(15)11-12)17(24)13-7-6-8-14(21-13)19(25)26-5/h6-11H,1-5H3. The molecule has 3 aromatic heterocycles. The predicted octanol–water partition coefficient (Wildman–Crippen LogP) is 3.35. The number of nitrogens with zero attached hydrogens (tertiary/aromatic N) is 3. The highest BCUT2D eigenvalue weighted by Crippen LogP contribution is 2.29. The molecule has 3 aromatic rings. The van der Waals surface area contributed by atoms with E-state index in [4.69, 9.17) is 4.74 Å². The van der Waals surface area contributed by atoms with Crippen LogP contribution in [-0.2, 0) is 10.2 Å². The topological polar surface area (TPSA) is 73.6 Å². The molecule has 0 radical (unpaired) electrons. The highest BCUT2D eigenvalue weighted by Gasteiger charge is 2.29. The van der Waals surface area contributed by atoms with Crippen molar-refractivity contribution in [1.82, 2.24) is 14.6 Å². The van der Waals surface area contributed by atoms with E-state index in [1.807, 2.05) is 46.0 Å². The van der Waals surface area contributed by atoms with Crippen molar-refractivity contribution in [3.8, 4) is 0 Å². The number of methoxy groups -OCH3 is 1. The number of aromatic nitrogens is 3. The van der Waals surface area contributed by atoms with Crippen LogP contribution in [0.5, 0.6) is 0 Å². The minimum absolute atomic E-state index is 0.1000. The van der Waals surface area contributed by atoms with Crippen molar-refractivity contribution in [3.63, 3.8) is 0 Å². The fourth-order valence-electron chi connectivity index (χ4n) is 2.81. The van der Waals surface area contributed by atoms with Gasteiger partial charge < -0.3 is 4.74 Å². The summed E-state index contributed by atoms with van der Waals surface area (Å²) in [6.07, 6.45) is 1.89. The molecule has 6 heteroatoms. The second-order valence-electron chi connectivity index (χ2n) is 7.24. The first-order valence-corrected chi connectivity index (χ1v) is 8.32. The Kier molecular flexibility index (Phi) is 4.36. The first-order valence-electron chi connectivity index (χ1n) is 8.32. The quantitative estimate of drug-likeness (QED) is 0.534. The van der Waals surface area contributed by atoms with Crippen LogP contribution >= 0.6 is 0 Å². The molecule has 0 N–H and O–H groups in total. The van der Waals surface area contributed by atoms with E-state index >= 15 is 0 Å². The molecule has 0 aromatic carbocycles. The minimum Gasteiger partial charge on any atom is -0.464 e. The molecule has 0 spiro atoms. The third kappa shape index (κ3) is 3.10. The van der Waals surface area contributed by atoms with Crippen molar-refractivity contribution in [3.05, 3.63) is 64.7 Å². The van der Waals surface area contributed by atoms with Gasteiger partial charge in [-0.3, -0.25) is 4.79 Å². The molecule has 6 nitrogen and oxygen atoms in total. The van der Waals surface area contributed by atoms with Crippen LogP contribution in [0.25, 0.3) is 5.52 Å². The Morgan fingerprint density at radius 3 is 2.42 bits per heavy atom. The molecule has 0 saturated heterocycles. The smallest absolute Gasteiger partial charge is 0.356 e. The number of ether oxygens (including phenoxy) is 1. The average Bonchev–Trinajstić information content (AvgIpc) is 2.99. The monoisotopic (exact) mass is 351 g/mol. The Morgan fingerprint density at radius 2 is 1.77 bits per heavy atom. The van der Waals surface area contributed by atoms with Crippen LogP contribution in [0.1, 0.15) is 58.6 Å². The van der Waals surface area contributed by atoms with Crippen molar-refractivity contribution in [2.24, 2.45) is 0 Å². The van der Waals surface area contributed by atoms with Gasteiger partial charge in [-0.2, -0.15) is 5.10 Å². The zero-order chi connectivity index (χ0) is 19.1. The van der Waals surface area contributed by atoms with Gasteiger partial charge in [0.1, 0.15) is 11.4 Å². The van der Waals surface area contributed by atoms with Crippen molar-refractivity contribution in [2.45, 2.75) is 33.1 Å². The van der Waals surface area contributed by atoms with Gasteiger partial charge in [-0.15, -0.1) is 0 Å². The summed E-state index contributed by atoms with van der Waals surface area (Å²) in [5.74, 6) is -0.842. The Balaban J connectivity index is 2.21. The molecule has 3 heterocycles. The van der Waals surface area contributed by atoms with Gasteiger partial charge in [0.05, 0.1) is 23.9 Å². The van der Waals surface area contributed by atoms with Crippen LogP contribution in [0.2, 0.25) is 0 Å². The SMILES string of the molecule is COC(=O)c1cccc(C(=O)c2c(C(C)(C)C)nn3cc(C)ccc23)n1. The Labute approximate surface area is 151 Å². The minimum atomic E-state index is -0.578. The summed E-state index contributed by atoms with van der Waals surface area (Å²) in [6.45, 7) is 8.00. The van der Waals surface area contributed by atoms with Crippen molar-refractivity contribution < 1.29 is 14.3 Å². The fraction of sp³-hybridized carbons (Fsp3) is 0.300. The van der Waals surface area contributed by atoms with Gasteiger partial charge >= 0.3 is 5.97 Å². The fourth-order valence-corrected chi connectivity index (χ4v) is 2.81. The van der Waals surface area contributed by atoms with Crippen LogP contribution in [0.3, 0.4) is 0 Å². The van der Waals surface area contributed by atoms with Gasteiger partial charge in [0, 0.05) is 11.6 Å². The molecule has 0 aliphatic heterocycles. The van der Waals surface area contributed by atoms with Crippen LogP contribution in [0, 0.1) is 6.92 Å². The van der Waals surface area contributed by atoms with Gasteiger partial charge in [0.25, 0.3) is 0 Å². The van der Waals surface area contributed by atoms with Crippen molar-refractivity contribution in [1.29, 1.82) is 0 Å². The zero-order valence-electron chi connectivity index (χ0n) is 15.5. The number of aryl methyl sites for hydroxylation is 1. The molecule has 0 aliphatic rings. The van der Waals surface area contributed by atoms with Crippen LogP contribution in [0.15, 0.2) is 36.5 Å². The van der Waals surface area contributed by atoms with Crippen LogP contribution < -0.4 is 0 Å². The second-order valence-corrected chi connectivity index (χ2v) is 7.24. The molecular formula is C20H21N3O3. The highest BCUT2D eigenvalue weighted by molar-refractivity contribution is 6.13. The molecule has 0 amide bonds. The highest BCUT2D eigenvalue weighted by atomic mass is 16.5. The van der Waals surface area contributed by atoms with E-state index in [9.17, 15) is 9.59 Å². The van der Waals surface area contributed by atoms with Crippen molar-refractivity contribution >= 4 is 17.3 Å². The zero-order valence-corrected chi connectivity index (χ0v) is 15.5. The lowest BCUT2D eigenvalue weighted by molar-refractivity contribution is 0.0594. The third-order valence-corrected chi connectivity index (χ3v) is 4.09. The molecule has 3 rings (SSSR count). The van der Waals surface area contributed by atoms with E-state index in [1.165, 1.54) is 13.2 Å². The van der Waals surface area contributed by atoms with E-state index in [0.29, 0.717) is 11.3 Å². The molecule has 0 bridgehead atoms. The maximum Gasteiger partial charge on any atom is 0.356 e. The Bertz CT molecular complexity index is 1010. The van der Waals surface area contributed by atoms with E-state index in [0.717, 1.165) is 11.1 Å². The number of ketones is 1. The van der Waals surface area contributed by atoms with Gasteiger partial charge in [-0.05, 0) is 30.7 Å². The molecule has 0 unspecified atom stereocenters. The largest absolute Gasteiger partial charge is 0.464 e. The first kappa shape index (κ1) is 17.8. The van der Waals surface area contributed by atoms with Crippen molar-refractivity contribution in [2.75, 3.05) is 7.11 Å². The lowest BCUT2D eigenvalue weighted by Crippen LogP contribution is -2.18. The van der Waals surface area contributed by atoms with Gasteiger partial charge in [0.15, 0.2) is 0 Å². The number of carbonyl (C=O) groups is 2. The number of pyridine rings is 2. The number of esters is 1. The molecular weight excluding hydrogens is 330 g/mol. The molecule has 0 fully saturated rings. The van der Waals surface area contributed by atoms with Gasteiger partial charge in [-0.25, -0.2) is 14.3 Å². The molecule has 134 valence electrons. The van der Waals surface area contributed by atoms with Crippen LogP contribution in [-0.4, -0.2) is 33.5 Å². The predicted molar refractivity (Wildman–Crippen MR) is 97.6 cm³/mol. The maximum absolute atomic E-state index is 13.3. The average molecular weight is 351 g/mol. The number of rotatable bonds is 3. The van der Waals surface area contributed by atoms with Crippen LogP contribution in [0.4, 0.5) is 0 Å². The summed E-state index contributed by atoms with van der Waals surface area (Å²) >= 11 is 0. The third-order valence-electron chi connectivity index (χ3n) is 4.09. The first-order chi connectivity index (χ1) is 12.2. The van der Waals surface area contributed by atoms with Gasteiger partial charge in [-0.1, -0.05) is 32.9 Å². The number of carbonyl (C=O) groups excluding carboxylic acids is 2. The van der Waals surface area contributed by atoms with E-state index in [-0.39, 0.29) is 22.6 Å². The maximum atomic E-state index is 13.3. The van der Waals surface area contributed by atoms with Gasteiger partial charge in [0.2, 0.25) is 5.78 Å². The second kappa shape index (κ2) is 6.37. The van der Waals surface area contributed by atoms with E-state index in [2.05, 4.69) is 10.1 Å². The number of hydrogen-bond donors (Lipinski definition) is 0. The molecule has 0 saturated carbocycles. The summed E-state index contributed by atoms with van der Waals surface area (Å²) in [7, 11) is 1.28. The summed E-state index contributed by atoms with van der Waals surface area (Å²) in [5.41, 5.74) is 2.92. The van der Waals surface area contributed by atoms with E-state index < -0.39 is 5.97 Å². The lowest BCUT2D eigenvalue weighted by Gasteiger charge is -2.16. The molecule has 26 heavy (non-hydrogen) atoms. The number of fused-ring (bicyclic) bond motifs is 1. The normalized spacial score (nSPS) is 11.6. The lowest BCUT2D eigenvalue weighted by atomic mass is 9.87. The molecule has 0 aliphatic carbocycles. The summed E-state index contributed by atoms with van der Waals surface area (Å²) in [4.78, 5) is 29.2. The molecule has 0 atom stereocenters. The summed E-state index contributed by atoms with van der Waals surface area (Å²) in [5, 5.41) is 4.64. The Morgan fingerprint density at radius 1 is 1.08 bits per heavy atom. The number of hydrogen-bond acceptors (Lipinski definition) is 5. The Hall–Kier alpha value is -3.02. The summed E-state index contributed by atoms with van der Waals surface area (Å²) in [6, 6.07) is 8.57. The summed E-state index contributed by atoms with van der Waals surface area (Å²) < 4.78 is 6.42. The van der Waals surface area contributed by atoms with E-state index in [1.54, 1.807) is 16.6 Å².